The zero-order valence-corrected chi connectivity index (χ0v) is 11.7. The molecule has 2 aromatic carbocycles. The summed E-state index contributed by atoms with van der Waals surface area (Å²) in [7, 11) is 0. The van der Waals surface area contributed by atoms with E-state index in [0.29, 0.717) is 0 Å². The van der Waals surface area contributed by atoms with Gasteiger partial charge in [0, 0.05) is 19.6 Å². The maximum absolute atomic E-state index is 6.32. The van der Waals surface area contributed by atoms with Crippen molar-refractivity contribution in [2.45, 2.75) is 19.4 Å². The van der Waals surface area contributed by atoms with E-state index in [0.717, 1.165) is 31.0 Å². The molecule has 0 spiro atoms. The number of nitrogens with one attached hydrogen (secondary N) is 1. The molecule has 2 aromatic rings. The van der Waals surface area contributed by atoms with E-state index in [1.54, 1.807) is 0 Å². The van der Waals surface area contributed by atoms with Gasteiger partial charge in [-0.25, -0.2) is 0 Å². The summed E-state index contributed by atoms with van der Waals surface area (Å²) in [5, 5.41) is 3.44. The molecule has 1 fully saturated rings. The van der Waals surface area contributed by atoms with Gasteiger partial charge in [-0.15, -0.1) is 0 Å². The second kappa shape index (κ2) is 5.87. The smallest absolute Gasteiger partial charge is 0.0787 e. The number of benzene rings is 2. The normalized spacial score (nSPS) is 14.5. The van der Waals surface area contributed by atoms with Gasteiger partial charge in [0.05, 0.1) is 17.1 Å². The average Bonchev–Trinajstić information content (AvgIpc) is 3.01. The second-order valence-corrected chi connectivity index (χ2v) is 5.27. The molecule has 0 atom stereocenters. The molecule has 1 aliphatic rings. The van der Waals surface area contributed by atoms with Crippen molar-refractivity contribution in [1.29, 1.82) is 0 Å². The Morgan fingerprint density at radius 2 is 1.70 bits per heavy atom. The van der Waals surface area contributed by atoms with Crippen LogP contribution >= 0.6 is 0 Å². The van der Waals surface area contributed by atoms with Gasteiger partial charge in [0.25, 0.3) is 0 Å². The summed E-state index contributed by atoms with van der Waals surface area (Å²) < 4.78 is 0. The highest BCUT2D eigenvalue weighted by atomic mass is 15.2. The quantitative estimate of drug-likeness (QED) is 0.833. The lowest BCUT2D eigenvalue weighted by Crippen LogP contribution is -2.19. The molecule has 3 nitrogen and oxygen atoms in total. The summed E-state index contributed by atoms with van der Waals surface area (Å²) in [5.41, 5.74) is 10.6. The van der Waals surface area contributed by atoms with Crippen LogP contribution in [0.15, 0.2) is 48.5 Å². The summed E-state index contributed by atoms with van der Waals surface area (Å²) in [5.74, 6) is 0. The SMILES string of the molecule is Nc1c(NCc2ccccc2)cccc1N1CCCC1. The summed E-state index contributed by atoms with van der Waals surface area (Å²) in [6, 6.07) is 16.6. The van der Waals surface area contributed by atoms with E-state index in [1.807, 2.05) is 6.07 Å². The molecule has 1 aliphatic heterocycles. The van der Waals surface area contributed by atoms with Gasteiger partial charge in [-0.3, -0.25) is 0 Å². The Labute approximate surface area is 120 Å². The third-order valence-electron chi connectivity index (χ3n) is 3.86. The standard InChI is InChI=1S/C17H21N3/c18-17-15(19-13-14-7-2-1-3-8-14)9-6-10-16(17)20-11-4-5-12-20/h1-3,6-10,19H,4-5,11-13,18H2. The summed E-state index contributed by atoms with van der Waals surface area (Å²) in [4.78, 5) is 2.38. The van der Waals surface area contributed by atoms with Gasteiger partial charge < -0.3 is 16.0 Å². The maximum atomic E-state index is 6.32. The van der Waals surface area contributed by atoms with E-state index in [4.69, 9.17) is 5.73 Å². The van der Waals surface area contributed by atoms with Gasteiger partial charge in [-0.05, 0) is 30.5 Å². The van der Waals surface area contributed by atoms with Crippen LogP contribution in [0.25, 0.3) is 0 Å². The van der Waals surface area contributed by atoms with Crippen LogP contribution in [-0.2, 0) is 6.54 Å². The van der Waals surface area contributed by atoms with Crippen molar-refractivity contribution in [1.82, 2.24) is 0 Å². The predicted octanol–water partition coefficient (Wildman–Crippen LogP) is 3.48. The number of hydrogen-bond acceptors (Lipinski definition) is 3. The lowest BCUT2D eigenvalue weighted by atomic mass is 10.2. The van der Waals surface area contributed by atoms with Gasteiger partial charge >= 0.3 is 0 Å². The van der Waals surface area contributed by atoms with E-state index in [2.05, 4.69) is 52.7 Å². The number of nitrogens with zero attached hydrogens (tertiary/aromatic N) is 1. The van der Waals surface area contributed by atoms with Crippen molar-refractivity contribution in [3.63, 3.8) is 0 Å². The van der Waals surface area contributed by atoms with Crippen LogP contribution in [0.1, 0.15) is 18.4 Å². The Hall–Kier alpha value is -2.16. The highest BCUT2D eigenvalue weighted by Gasteiger charge is 2.16. The van der Waals surface area contributed by atoms with Gasteiger partial charge in [0.15, 0.2) is 0 Å². The first-order valence-electron chi connectivity index (χ1n) is 7.26. The van der Waals surface area contributed by atoms with Crippen molar-refractivity contribution in [3.05, 3.63) is 54.1 Å². The van der Waals surface area contributed by atoms with Crippen molar-refractivity contribution < 1.29 is 0 Å². The fraction of sp³-hybridized carbons (Fsp3) is 0.294. The summed E-state index contributed by atoms with van der Waals surface area (Å²) in [6.45, 7) is 3.03. The minimum atomic E-state index is 0.800. The van der Waals surface area contributed by atoms with Gasteiger partial charge in [0.1, 0.15) is 0 Å². The first kappa shape index (κ1) is 12.9. The third kappa shape index (κ3) is 2.72. The fourth-order valence-electron chi connectivity index (χ4n) is 2.73. The Morgan fingerprint density at radius 1 is 0.950 bits per heavy atom. The van der Waals surface area contributed by atoms with Gasteiger partial charge in [-0.2, -0.15) is 0 Å². The zero-order valence-electron chi connectivity index (χ0n) is 11.7. The van der Waals surface area contributed by atoms with E-state index >= 15 is 0 Å². The molecule has 0 radical (unpaired) electrons. The molecule has 104 valence electrons. The molecule has 1 heterocycles. The Morgan fingerprint density at radius 3 is 2.45 bits per heavy atom. The van der Waals surface area contributed by atoms with Crippen LogP contribution < -0.4 is 16.0 Å². The Bertz CT molecular complexity index is 560. The molecule has 3 N–H and O–H groups in total. The van der Waals surface area contributed by atoms with E-state index in [1.165, 1.54) is 24.1 Å². The molecule has 3 heteroatoms. The molecular weight excluding hydrogens is 246 g/mol. The monoisotopic (exact) mass is 267 g/mol. The van der Waals surface area contributed by atoms with Crippen LogP contribution in [0.5, 0.6) is 0 Å². The Balaban J connectivity index is 1.75. The molecule has 0 saturated carbocycles. The highest BCUT2D eigenvalue weighted by Crippen LogP contribution is 2.32. The number of nitrogen functional groups attached to an aromatic ring is 1. The predicted molar refractivity (Wildman–Crippen MR) is 86.1 cm³/mol. The minimum absolute atomic E-state index is 0.800. The van der Waals surface area contributed by atoms with Crippen LogP contribution in [0.4, 0.5) is 17.1 Å². The van der Waals surface area contributed by atoms with Crippen molar-refractivity contribution >= 4 is 17.1 Å². The molecule has 0 aliphatic carbocycles. The van der Waals surface area contributed by atoms with Gasteiger partial charge in [0.2, 0.25) is 0 Å². The minimum Gasteiger partial charge on any atom is -0.395 e. The van der Waals surface area contributed by atoms with Crippen molar-refractivity contribution in [2.75, 3.05) is 29.0 Å². The average molecular weight is 267 g/mol. The molecule has 1 saturated heterocycles. The third-order valence-corrected chi connectivity index (χ3v) is 3.86. The fourth-order valence-corrected chi connectivity index (χ4v) is 2.73. The largest absolute Gasteiger partial charge is 0.395 e. The molecule has 0 bridgehead atoms. The number of nitrogens with two attached hydrogens (primary N) is 1. The molecule has 0 aromatic heterocycles. The van der Waals surface area contributed by atoms with Crippen LogP contribution in [-0.4, -0.2) is 13.1 Å². The summed E-state index contributed by atoms with van der Waals surface area (Å²) >= 11 is 0. The molecule has 0 amide bonds. The topological polar surface area (TPSA) is 41.3 Å². The van der Waals surface area contributed by atoms with Crippen molar-refractivity contribution in [3.8, 4) is 0 Å². The lowest BCUT2D eigenvalue weighted by Gasteiger charge is -2.21. The molecule has 3 rings (SSSR count). The van der Waals surface area contributed by atoms with Crippen molar-refractivity contribution in [2.24, 2.45) is 0 Å². The van der Waals surface area contributed by atoms with Gasteiger partial charge in [-0.1, -0.05) is 36.4 Å². The van der Waals surface area contributed by atoms with E-state index < -0.39 is 0 Å². The first-order valence-corrected chi connectivity index (χ1v) is 7.26. The van der Waals surface area contributed by atoms with Crippen LogP contribution in [0, 0.1) is 0 Å². The van der Waals surface area contributed by atoms with Crippen LogP contribution in [0.2, 0.25) is 0 Å². The highest BCUT2D eigenvalue weighted by molar-refractivity contribution is 5.81. The molecular formula is C17H21N3. The number of para-hydroxylation sites is 1. The second-order valence-electron chi connectivity index (χ2n) is 5.27. The van der Waals surface area contributed by atoms with E-state index in [9.17, 15) is 0 Å². The van der Waals surface area contributed by atoms with E-state index in [-0.39, 0.29) is 0 Å². The number of rotatable bonds is 4. The molecule has 20 heavy (non-hydrogen) atoms. The lowest BCUT2D eigenvalue weighted by molar-refractivity contribution is 0.949. The summed E-state index contributed by atoms with van der Waals surface area (Å²) in [6.07, 6.45) is 2.53. The maximum Gasteiger partial charge on any atom is 0.0787 e. The number of anilines is 3. The Kier molecular flexibility index (Phi) is 3.77. The zero-order chi connectivity index (χ0) is 13.8. The number of hydrogen-bond donors (Lipinski definition) is 2. The first-order chi connectivity index (χ1) is 9.84. The van der Waals surface area contributed by atoms with Crippen LogP contribution in [0.3, 0.4) is 0 Å². The molecule has 0 unspecified atom stereocenters.